The first kappa shape index (κ1) is 18.1. The Bertz CT molecular complexity index is 932. The van der Waals surface area contributed by atoms with Gasteiger partial charge in [-0.15, -0.1) is 11.3 Å². The van der Waals surface area contributed by atoms with Gasteiger partial charge in [-0.1, -0.05) is 18.2 Å². The quantitative estimate of drug-likeness (QED) is 0.676. The number of halogens is 2. The molecular weight excluding hydrogens is 370 g/mol. The van der Waals surface area contributed by atoms with Crippen molar-refractivity contribution < 1.29 is 13.6 Å². The summed E-state index contributed by atoms with van der Waals surface area (Å²) in [5, 5.41) is 1.89. The van der Waals surface area contributed by atoms with Gasteiger partial charge < -0.3 is 4.90 Å². The van der Waals surface area contributed by atoms with E-state index in [0.29, 0.717) is 43.0 Å². The molecule has 0 spiro atoms. The minimum Gasteiger partial charge on any atom is -0.335 e. The molecule has 5 nitrogen and oxygen atoms in total. The summed E-state index contributed by atoms with van der Waals surface area (Å²) in [7, 11) is 0. The van der Waals surface area contributed by atoms with Crippen LogP contribution in [0.15, 0.2) is 41.8 Å². The van der Waals surface area contributed by atoms with Crippen LogP contribution in [0.5, 0.6) is 0 Å². The minimum absolute atomic E-state index is 0.0390. The van der Waals surface area contributed by atoms with Crippen molar-refractivity contribution in [3.63, 3.8) is 0 Å². The van der Waals surface area contributed by atoms with Crippen molar-refractivity contribution in [1.29, 1.82) is 0 Å². The maximum atomic E-state index is 13.7. The number of nitrogens with zero attached hydrogens (tertiary/aromatic N) is 4. The summed E-state index contributed by atoms with van der Waals surface area (Å²) in [6.45, 7) is 1.68. The molecule has 0 unspecified atom stereocenters. The van der Waals surface area contributed by atoms with Crippen LogP contribution in [-0.2, 0) is 0 Å². The molecule has 1 aliphatic rings. The lowest BCUT2D eigenvalue weighted by Crippen LogP contribution is -2.49. The fraction of sp³-hybridized carbons (Fsp3) is 0.368. The van der Waals surface area contributed by atoms with Crippen molar-refractivity contribution in [2.45, 2.75) is 19.5 Å². The molecular formula is C19H20F2N4OS. The van der Waals surface area contributed by atoms with Crippen molar-refractivity contribution in [3.8, 4) is 0 Å². The molecule has 0 radical (unpaired) electrons. The van der Waals surface area contributed by atoms with E-state index in [-0.39, 0.29) is 11.9 Å². The van der Waals surface area contributed by atoms with E-state index in [2.05, 4.69) is 9.88 Å². The zero-order chi connectivity index (χ0) is 19.0. The highest BCUT2D eigenvalue weighted by molar-refractivity contribution is 7.12. The molecule has 1 amide bonds. The summed E-state index contributed by atoms with van der Waals surface area (Å²) in [4.78, 5) is 21.6. The molecule has 1 aromatic carbocycles. The normalized spacial score (nSPS) is 17.0. The summed E-state index contributed by atoms with van der Waals surface area (Å²) in [6.07, 6.45) is 0. The van der Waals surface area contributed by atoms with Gasteiger partial charge in [0.2, 0.25) is 0 Å². The van der Waals surface area contributed by atoms with Crippen LogP contribution >= 0.6 is 11.3 Å². The predicted octanol–water partition coefficient (Wildman–Crippen LogP) is 4.01. The fourth-order valence-electron chi connectivity index (χ4n) is 3.59. The molecule has 0 saturated carbocycles. The number of benzene rings is 1. The van der Waals surface area contributed by atoms with Gasteiger partial charge in [0.15, 0.2) is 0 Å². The highest BCUT2D eigenvalue weighted by atomic mass is 32.1. The number of carbonyl (C=O) groups is 1. The molecule has 3 heterocycles. The lowest BCUT2D eigenvalue weighted by molar-refractivity contribution is 0.0497. The molecule has 27 heavy (non-hydrogen) atoms. The van der Waals surface area contributed by atoms with Crippen LogP contribution in [0, 0.1) is 0 Å². The molecule has 8 heteroatoms. The number of hydrogen-bond donors (Lipinski definition) is 0. The molecule has 0 bridgehead atoms. The third kappa shape index (κ3) is 3.35. The van der Waals surface area contributed by atoms with Crippen LogP contribution in [0.2, 0.25) is 0 Å². The van der Waals surface area contributed by atoms with Crippen molar-refractivity contribution in [1.82, 2.24) is 19.4 Å². The first-order valence-electron chi connectivity index (χ1n) is 8.88. The van der Waals surface area contributed by atoms with Crippen LogP contribution in [0.1, 0.15) is 35.0 Å². The highest BCUT2D eigenvalue weighted by Crippen LogP contribution is 2.30. The van der Waals surface area contributed by atoms with Crippen molar-refractivity contribution in [2.75, 3.05) is 26.2 Å². The number of thiophene rings is 1. The number of piperazine rings is 1. The van der Waals surface area contributed by atoms with Gasteiger partial charge in [-0.2, -0.15) is 8.78 Å². The van der Waals surface area contributed by atoms with E-state index in [0.717, 1.165) is 9.44 Å². The Labute approximate surface area is 159 Å². The highest BCUT2D eigenvalue weighted by Gasteiger charge is 2.29. The van der Waals surface area contributed by atoms with Crippen molar-refractivity contribution in [3.05, 3.63) is 52.5 Å². The number of aromatic nitrogens is 2. The van der Waals surface area contributed by atoms with E-state index in [9.17, 15) is 13.6 Å². The van der Waals surface area contributed by atoms with Gasteiger partial charge >= 0.3 is 6.55 Å². The number of rotatable bonds is 4. The molecule has 2 aromatic heterocycles. The molecule has 3 aromatic rings. The standard InChI is InChI=1S/C19H20F2N4OS/c1-13(17-22-14-5-2-3-6-15(14)25(17)19(20)21)23-8-10-24(11-9-23)18(26)16-7-4-12-27-16/h2-7,12-13,19H,8-11H2,1H3/t13-/m0/s1. The number of amides is 1. The molecule has 1 aliphatic heterocycles. The molecule has 1 fully saturated rings. The van der Waals surface area contributed by atoms with Gasteiger partial charge in [-0.3, -0.25) is 14.3 Å². The molecule has 4 rings (SSSR count). The van der Waals surface area contributed by atoms with Gasteiger partial charge in [0.1, 0.15) is 5.82 Å². The Balaban J connectivity index is 1.51. The summed E-state index contributed by atoms with van der Waals surface area (Å²) >= 11 is 1.43. The molecule has 142 valence electrons. The van der Waals surface area contributed by atoms with Crippen LogP contribution in [0.3, 0.4) is 0 Å². The second-order valence-electron chi connectivity index (χ2n) is 6.59. The van der Waals surface area contributed by atoms with Gasteiger partial charge in [-0.25, -0.2) is 4.98 Å². The molecule has 0 aliphatic carbocycles. The predicted molar refractivity (Wildman–Crippen MR) is 101 cm³/mol. The third-order valence-electron chi connectivity index (χ3n) is 5.07. The number of hydrogen-bond acceptors (Lipinski definition) is 4. The van der Waals surface area contributed by atoms with Crippen molar-refractivity contribution >= 4 is 28.3 Å². The van der Waals surface area contributed by atoms with E-state index in [4.69, 9.17) is 0 Å². The molecule has 1 atom stereocenters. The average Bonchev–Trinajstić information content (AvgIpc) is 3.34. The van der Waals surface area contributed by atoms with Gasteiger partial charge in [-0.05, 0) is 30.5 Å². The first-order chi connectivity index (χ1) is 13.1. The maximum Gasteiger partial charge on any atom is 0.320 e. The van der Waals surface area contributed by atoms with E-state index in [1.54, 1.807) is 24.3 Å². The van der Waals surface area contributed by atoms with Gasteiger partial charge in [0, 0.05) is 26.2 Å². The number of para-hydroxylation sites is 2. The Morgan fingerprint density at radius 1 is 1.11 bits per heavy atom. The fourth-order valence-corrected chi connectivity index (χ4v) is 4.29. The van der Waals surface area contributed by atoms with E-state index in [1.165, 1.54) is 11.3 Å². The number of carbonyl (C=O) groups excluding carboxylic acids is 1. The maximum absolute atomic E-state index is 13.7. The lowest BCUT2D eigenvalue weighted by Gasteiger charge is -2.37. The van der Waals surface area contributed by atoms with Crippen LogP contribution in [0.25, 0.3) is 11.0 Å². The van der Waals surface area contributed by atoms with Crippen LogP contribution in [-0.4, -0.2) is 51.4 Å². The zero-order valence-electron chi connectivity index (χ0n) is 14.9. The second-order valence-corrected chi connectivity index (χ2v) is 7.54. The molecule has 0 N–H and O–H groups in total. The minimum atomic E-state index is -2.64. The summed E-state index contributed by atoms with van der Waals surface area (Å²) in [5.41, 5.74) is 1.02. The second kappa shape index (κ2) is 7.36. The number of alkyl halides is 2. The molecule has 1 saturated heterocycles. The zero-order valence-corrected chi connectivity index (χ0v) is 15.7. The topological polar surface area (TPSA) is 41.4 Å². The number of fused-ring (bicyclic) bond motifs is 1. The monoisotopic (exact) mass is 390 g/mol. The van der Waals surface area contributed by atoms with Crippen LogP contribution < -0.4 is 0 Å². The van der Waals surface area contributed by atoms with Gasteiger partial charge in [0.25, 0.3) is 5.91 Å². The SMILES string of the molecule is C[C@@H](c1nc2ccccc2n1C(F)F)N1CCN(C(=O)c2cccs2)CC1. The average molecular weight is 390 g/mol. The summed E-state index contributed by atoms with van der Waals surface area (Å²) in [5.74, 6) is 0.404. The van der Waals surface area contributed by atoms with E-state index >= 15 is 0 Å². The first-order valence-corrected chi connectivity index (χ1v) is 9.76. The Morgan fingerprint density at radius 2 is 1.85 bits per heavy atom. The lowest BCUT2D eigenvalue weighted by atomic mass is 10.2. The third-order valence-corrected chi connectivity index (χ3v) is 5.93. The van der Waals surface area contributed by atoms with E-state index < -0.39 is 6.55 Å². The van der Waals surface area contributed by atoms with Gasteiger partial charge in [0.05, 0.1) is 22.0 Å². The number of imidazole rings is 1. The van der Waals surface area contributed by atoms with E-state index in [1.807, 2.05) is 29.3 Å². The van der Waals surface area contributed by atoms with Crippen molar-refractivity contribution in [2.24, 2.45) is 0 Å². The largest absolute Gasteiger partial charge is 0.335 e. The summed E-state index contributed by atoms with van der Waals surface area (Å²) in [6, 6.07) is 10.4. The smallest absolute Gasteiger partial charge is 0.320 e. The Kier molecular flexibility index (Phi) is 4.92. The summed E-state index contributed by atoms with van der Waals surface area (Å²) < 4.78 is 28.4. The van der Waals surface area contributed by atoms with Crippen LogP contribution in [0.4, 0.5) is 8.78 Å². The Hall–Kier alpha value is -2.32. The Morgan fingerprint density at radius 3 is 2.52 bits per heavy atom.